The average molecular weight is 291 g/mol. The van der Waals surface area contributed by atoms with Gasteiger partial charge in [0.15, 0.2) is 0 Å². The van der Waals surface area contributed by atoms with Crippen molar-refractivity contribution in [3.8, 4) is 0 Å². The normalized spacial score (nSPS) is 12.6. The Balaban J connectivity index is 2.75. The quantitative estimate of drug-likeness (QED) is 0.779. The minimum atomic E-state index is -0.227. The van der Waals surface area contributed by atoms with Crippen molar-refractivity contribution in [2.24, 2.45) is 17.1 Å². The Hall–Kier alpha value is -1.88. The fourth-order valence-electron chi connectivity index (χ4n) is 2.14. The average Bonchev–Trinajstić information content (AvgIpc) is 2.34. The maximum atomic E-state index is 12.3. The van der Waals surface area contributed by atoms with Crippen molar-refractivity contribution in [1.29, 1.82) is 0 Å². The summed E-state index contributed by atoms with van der Waals surface area (Å²) >= 11 is 0. The first-order chi connectivity index (χ1) is 9.71. The van der Waals surface area contributed by atoms with E-state index in [0.717, 1.165) is 6.42 Å². The van der Waals surface area contributed by atoms with Crippen LogP contribution in [-0.4, -0.2) is 18.4 Å². The Morgan fingerprint density at radius 3 is 2.24 bits per heavy atom. The first kappa shape index (κ1) is 17.2. The summed E-state index contributed by atoms with van der Waals surface area (Å²) in [5.74, 6) is -0.465. The number of carbonyl (C=O) groups is 2. The highest BCUT2D eigenvalue weighted by molar-refractivity contribution is 5.94. The zero-order valence-electron chi connectivity index (χ0n) is 13.2. The summed E-state index contributed by atoms with van der Waals surface area (Å²) in [5, 5.41) is 5.54. The third kappa shape index (κ3) is 6.40. The molecule has 0 aliphatic carbocycles. The number of nitrogens with two attached hydrogens (primary N) is 1. The summed E-state index contributed by atoms with van der Waals surface area (Å²) in [6.45, 7) is 8.01. The molecule has 0 radical (unpaired) electrons. The maximum Gasteiger partial charge on any atom is 0.228 e. The second kappa shape index (κ2) is 7.22. The van der Waals surface area contributed by atoms with Gasteiger partial charge in [-0.05, 0) is 30.0 Å². The van der Waals surface area contributed by atoms with Gasteiger partial charge in [0.2, 0.25) is 11.8 Å². The summed E-state index contributed by atoms with van der Waals surface area (Å²) < 4.78 is 0. The number of benzene rings is 1. The molecule has 0 aliphatic rings. The third-order valence-corrected chi connectivity index (χ3v) is 2.96. The molecule has 0 bridgehead atoms. The Kier molecular flexibility index (Phi) is 5.90. The smallest absolute Gasteiger partial charge is 0.228 e. The summed E-state index contributed by atoms with van der Waals surface area (Å²) in [7, 11) is 0. The van der Waals surface area contributed by atoms with Crippen LogP contribution in [0.25, 0.3) is 0 Å². The van der Waals surface area contributed by atoms with Gasteiger partial charge in [-0.15, -0.1) is 0 Å². The van der Waals surface area contributed by atoms with Crippen molar-refractivity contribution in [3.63, 3.8) is 0 Å². The van der Waals surface area contributed by atoms with Gasteiger partial charge in [-0.1, -0.05) is 26.8 Å². The molecule has 0 fully saturated rings. The lowest BCUT2D eigenvalue weighted by atomic mass is 9.84. The van der Waals surface area contributed by atoms with Gasteiger partial charge in [0, 0.05) is 24.8 Å². The molecular formula is C16H25N3O2. The lowest BCUT2D eigenvalue weighted by molar-refractivity contribution is -0.120. The first-order valence-electron chi connectivity index (χ1n) is 7.10. The molecule has 2 amide bonds. The summed E-state index contributed by atoms with van der Waals surface area (Å²) in [5.41, 5.74) is 7.06. The van der Waals surface area contributed by atoms with Crippen LogP contribution in [0.3, 0.4) is 0 Å². The molecular weight excluding hydrogens is 266 g/mol. The van der Waals surface area contributed by atoms with Crippen molar-refractivity contribution in [2.45, 2.75) is 34.1 Å². The Labute approximate surface area is 126 Å². The van der Waals surface area contributed by atoms with Gasteiger partial charge in [-0.2, -0.15) is 0 Å². The van der Waals surface area contributed by atoms with Gasteiger partial charge in [-0.3, -0.25) is 9.59 Å². The van der Waals surface area contributed by atoms with Crippen molar-refractivity contribution < 1.29 is 9.59 Å². The zero-order valence-corrected chi connectivity index (χ0v) is 13.2. The number of amides is 2. The minimum Gasteiger partial charge on any atom is -0.330 e. The lowest BCUT2D eigenvalue weighted by Crippen LogP contribution is -2.32. The molecule has 21 heavy (non-hydrogen) atoms. The largest absolute Gasteiger partial charge is 0.330 e. The highest BCUT2D eigenvalue weighted by Crippen LogP contribution is 2.25. The number of nitrogens with one attached hydrogen (secondary N) is 2. The fraction of sp³-hybridized carbons (Fsp3) is 0.500. The van der Waals surface area contributed by atoms with Gasteiger partial charge in [0.1, 0.15) is 0 Å². The van der Waals surface area contributed by atoms with Gasteiger partial charge in [0.25, 0.3) is 0 Å². The van der Waals surface area contributed by atoms with E-state index in [1.807, 2.05) is 0 Å². The van der Waals surface area contributed by atoms with E-state index in [-0.39, 0.29) is 23.1 Å². The molecule has 1 aromatic carbocycles. The third-order valence-electron chi connectivity index (χ3n) is 2.96. The molecule has 1 aromatic rings. The van der Waals surface area contributed by atoms with E-state index in [1.165, 1.54) is 6.92 Å². The minimum absolute atomic E-state index is 0.0411. The van der Waals surface area contributed by atoms with Crippen LogP contribution in [0.5, 0.6) is 0 Å². The molecule has 4 N–H and O–H groups in total. The zero-order chi connectivity index (χ0) is 16.0. The van der Waals surface area contributed by atoms with E-state index >= 15 is 0 Å². The predicted molar refractivity (Wildman–Crippen MR) is 86.0 cm³/mol. The lowest BCUT2D eigenvalue weighted by Gasteiger charge is -2.24. The standard InChI is InChI=1S/C16H25N3O2/c1-11(20)18-13-6-5-7-14(8-13)19-15(21)12(10-17)9-16(2,3)4/h5-8,12H,9-10,17H2,1-4H3,(H,18,20)(H,19,21). The molecule has 0 spiro atoms. The Bertz CT molecular complexity index is 506. The van der Waals surface area contributed by atoms with Gasteiger partial charge >= 0.3 is 0 Å². The molecule has 0 saturated carbocycles. The molecule has 0 aromatic heterocycles. The van der Waals surface area contributed by atoms with Crippen LogP contribution in [0.15, 0.2) is 24.3 Å². The molecule has 0 saturated heterocycles. The van der Waals surface area contributed by atoms with Crippen LogP contribution in [0.2, 0.25) is 0 Å². The number of rotatable bonds is 5. The maximum absolute atomic E-state index is 12.3. The predicted octanol–water partition coefficient (Wildman–Crippen LogP) is 2.59. The van der Waals surface area contributed by atoms with Crippen LogP contribution < -0.4 is 16.4 Å². The van der Waals surface area contributed by atoms with E-state index in [2.05, 4.69) is 31.4 Å². The molecule has 1 atom stereocenters. The van der Waals surface area contributed by atoms with Gasteiger partial charge in [0.05, 0.1) is 5.92 Å². The highest BCUT2D eigenvalue weighted by Gasteiger charge is 2.23. The summed E-state index contributed by atoms with van der Waals surface area (Å²) in [4.78, 5) is 23.3. The number of carbonyl (C=O) groups excluding carboxylic acids is 2. The topological polar surface area (TPSA) is 84.2 Å². The second-order valence-electron chi connectivity index (χ2n) is 6.45. The molecule has 1 unspecified atom stereocenters. The van der Waals surface area contributed by atoms with E-state index in [1.54, 1.807) is 24.3 Å². The molecule has 0 heterocycles. The first-order valence-corrected chi connectivity index (χ1v) is 7.10. The summed E-state index contributed by atoms with van der Waals surface area (Å²) in [6.07, 6.45) is 0.723. The number of anilines is 2. The van der Waals surface area contributed by atoms with E-state index in [9.17, 15) is 9.59 Å². The van der Waals surface area contributed by atoms with Crippen molar-refractivity contribution in [3.05, 3.63) is 24.3 Å². The van der Waals surface area contributed by atoms with Crippen LogP contribution in [0, 0.1) is 11.3 Å². The van der Waals surface area contributed by atoms with E-state index in [0.29, 0.717) is 17.9 Å². The van der Waals surface area contributed by atoms with Crippen molar-refractivity contribution in [1.82, 2.24) is 0 Å². The molecule has 5 heteroatoms. The van der Waals surface area contributed by atoms with Crippen molar-refractivity contribution in [2.75, 3.05) is 17.2 Å². The number of hydrogen-bond donors (Lipinski definition) is 3. The SMILES string of the molecule is CC(=O)Nc1cccc(NC(=O)C(CN)CC(C)(C)C)c1. The van der Waals surface area contributed by atoms with Crippen molar-refractivity contribution >= 4 is 23.2 Å². The summed E-state index contributed by atoms with van der Waals surface area (Å²) in [6, 6.07) is 7.06. The number of hydrogen-bond acceptors (Lipinski definition) is 3. The van der Waals surface area contributed by atoms with Crippen LogP contribution in [0.1, 0.15) is 34.1 Å². The van der Waals surface area contributed by atoms with Crippen LogP contribution in [0.4, 0.5) is 11.4 Å². The second-order valence-corrected chi connectivity index (χ2v) is 6.45. The Morgan fingerprint density at radius 1 is 1.19 bits per heavy atom. The van der Waals surface area contributed by atoms with E-state index in [4.69, 9.17) is 5.73 Å². The fourth-order valence-corrected chi connectivity index (χ4v) is 2.14. The van der Waals surface area contributed by atoms with Gasteiger partial charge in [-0.25, -0.2) is 0 Å². The molecule has 0 aliphatic heterocycles. The molecule has 5 nitrogen and oxygen atoms in total. The molecule has 1 rings (SSSR count). The highest BCUT2D eigenvalue weighted by atomic mass is 16.2. The monoisotopic (exact) mass is 291 g/mol. The van der Waals surface area contributed by atoms with Crippen LogP contribution >= 0.6 is 0 Å². The molecule has 116 valence electrons. The van der Waals surface area contributed by atoms with Gasteiger partial charge < -0.3 is 16.4 Å². The van der Waals surface area contributed by atoms with E-state index < -0.39 is 0 Å². The Morgan fingerprint density at radius 2 is 1.76 bits per heavy atom. The van der Waals surface area contributed by atoms with Crippen LogP contribution in [-0.2, 0) is 9.59 Å².